The maximum Gasteiger partial charge on any atom is 0.293 e. The monoisotopic (exact) mass is 887 g/mol. The van der Waals surface area contributed by atoms with E-state index in [1.807, 2.05) is 18.2 Å². The molecule has 0 unspecified atom stereocenters. The van der Waals surface area contributed by atoms with Crippen molar-refractivity contribution in [2.24, 2.45) is 11.3 Å². The number of halogens is 1. The summed E-state index contributed by atoms with van der Waals surface area (Å²) in [5.41, 5.74) is 5.01. The van der Waals surface area contributed by atoms with E-state index >= 15 is 0 Å². The molecular weight excluding hydrogens is 840 g/mol. The summed E-state index contributed by atoms with van der Waals surface area (Å²) in [5, 5.41) is 15.0. The second-order valence-electron chi connectivity index (χ2n) is 17.4. The Morgan fingerprint density at radius 1 is 1.05 bits per heavy atom. The van der Waals surface area contributed by atoms with Crippen LogP contribution in [0.15, 0.2) is 95.7 Å². The van der Waals surface area contributed by atoms with Gasteiger partial charge in [0.05, 0.1) is 37.3 Å². The molecule has 2 fully saturated rings. The number of rotatable bonds is 13. The Balaban J connectivity index is 1.01. The van der Waals surface area contributed by atoms with Gasteiger partial charge in [-0.05, 0) is 108 Å². The van der Waals surface area contributed by atoms with E-state index in [9.17, 15) is 23.3 Å². The number of nitro benzene ring substituents is 1. The van der Waals surface area contributed by atoms with E-state index in [0.717, 1.165) is 67.1 Å². The van der Waals surface area contributed by atoms with E-state index in [2.05, 4.69) is 55.8 Å². The van der Waals surface area contributed by atoms with Crippen LogP contribution in [0.5, 0.6) is 11.5 Å². The highest BCUT2D eigenvalue weighted by Gasteiger charge is 2.34. The Bertz CT molecular complexity index is 2660. The molecule has 63 heavy (non-hydrogen) atoms. The number of aromatic amines is 1. The zero-order chi connectivity index (χ0) is 44.5. The quantitative estimate of drug-likeness (QED) is 0.0603. The number of amides is 1. The molecule has 0 spiro atoms. The Labute approximate surface area is 374 Å². The first-order valence-electron chi connectivity index (χ1n) is 21.0. The summed E-state index contributed by atoms with van der Waals surface area (Å²) in [6.45, 7) is 9.44. The number of carbonyl (C=O) groups is 1. The first-order chi connectivity index (χ1) is 30.0. The van der Waals surface area contributed by atoms with Crippen LogP contribution in [0.3, 0.4) is 0 Å². The van der Waals surface area contributed by atoms with E-state index in [-0.39, 0.29) is 28.3 Å². The van der Waals surface area contributed by atoms with Gasteiger partial charge in [0, 0.05) is 80.4 Å². The molecule has 0 atom stereocenters. The van der Waals surface area contributed by atoms with Crippen LogP contribution in [-0.4, -0.2) is 101 Å². The average molecular weight is 888 g/mol. The standard InChI is InChI=1S/C45H48B2ClN7O7S/c1-44(2)15-11-31(38(26-44)29-3-5-33(48)6-4-29)28-53-17-19-54(20-18-53)34-7-9-37(41(24-34)62-35-23-30-12-16-49-42(30)50-27-35)43(56)52-63(59,60)36-8-10-39(40(25-36)55(57)58)51-45(46,47)32-13-21-61-22-14-32/h3-10,12,16,23-25,27,32,51H,11,13-15,17-22,26,28H2,1-2H3,(H,49,50)(H,52,56). The van der Waals surface area contributed by atoms with Gasteiger partial charge in [0.2, 0.25) is 0 Å². The fraction of sp³-hybridized carbons (Fsp3) is 0.378. The van der Waals surface area contributed by atoms with E-state index in [4.69, 9.17) is 36.8 Å². The molecule has 1 aliphatic carbocycles. The first-order valence-corrected chi connectivity index (χ1v) is 22.9. The average Bonchev–Trinajstić information content (AvgIpc) is 3.73. The molecule has 5 aromatic rings. The van der Waals surface area contributed by atoms with Gasteiger partial charge in [-0.15, -0.1) is 0 Å². The highest BCUT2D eigenvalue weighted by Crippen LogP contribution is 2.44. The molecule has 4 heterocycles. The van der Waals surface area contributed by atoms with Crippen molar-refractivity contribution in [1.29, 1.82) is 0 Å². The summed E-state index contributed by atoms with van der Waals surface area (Å²) < 4.78 is 41.3. The minimum Gasteiger partial charge on any atom is -0.455 e. The predicted molar refractivity (Wildman–Crippen MR) is 246 cm³/mol. The second kappa shape index (κ2) is 18.0. The molecule has 2 aliphatic heterocycles. The van der Waals surface area contributed by atoms with Crippen molar-refractivity contribution >= 4 is 76.9 Å². The summed E-state index contributed by atoms with van der Waals surface area (Å²) in [7, 11) is 8.07. The van der Waals surface area contributed by atoms with Crippen molar-refractivity contribution in [1.82, 2.24) is 19.6 Å². The molecule has 3 N–H and O–H groups in total. The third-order valence-corrected chi connectivity index (χ3v) is 13.9. The number of fused-ring (bicyclic) bond motifs is 1. The number of ether oxygens (including phenoxy) is 2. The minimum absolute atomic E-state index is 0.0697. The van der Waals surface area contributed by atoms with Crippen LogP contribution in [0.25, 0.3) is 16.6 Å². The van der Waals surface area contributed by atoms with Gasteiger partial charge in [0.25, 0.3) is 21.6 Å². The van der Waals surface area contributed by atoms with Crippen LogP contribution in [0.2, 0.25) is 5.02 Å². The van der Waals surface area contributed by atoms with Crippen molar-refractivity contribution in [3.05, 3.63) is 117 Å². The Morgan fingerprint density at radius 3 is 2.52 bits per heavy atom. The molecule has 3 aromatic carbocycles. The lowest BCUT2D eigenvalue weighted by molar-refractivity contribution is -0.384. The number of aromatic nitrogens is 2. The number of pyridine rings is 1. The number of hydrogen-bond donors (Lipinski definition) is 3. The number of nitrogens with one attached hydrogen (secondary N) is 3. The van der Waals surface area contributed by atoms with Crippen LogP contribution >= 0.6 is 11.6 Å². The maximum absolute atomic E-state index is 14.0. The van der Waals surface area contributed by atoms with Gasteiger partial charge in [-0.3, -0.25) is 19.8 Å². The molecule has 14 nitrogen and oxygen atoms in total. The van der Waals surface area contributed by atoms with Crippen LogP contribution in [0.1, 0.15) is 61.9 Å². The molecule has 324 valence electrons. The normalized spacial score (nSPS) is 17.7. The number of allylic oxidation sites excluding steroid dienone is 1. The number of hydrogen-bond acceptors (Lipinski definition) is 11. The highest BCUT2D eigenvalue weighted by molar-refractivity contribution is 7.90. The molecule has 18 heteroatoms. The van der Waals surface area contributed by atoms with Gasteiger partial charge in [-0.2, -0.15) is 0 Å². The number of piperazine rings is 1. The fourth-order valence-corrected chi connectivity index (χ4v) is 9.77. The lowest BCUT2D eigenvalue weighted by Crippen LogP contribution is -2.49. The highest BCUT2D eigenvalue weighted by atomic mass is 35.5. The topological polar surface area (TPSA) is 172 Å². The molecule has 8 rings (SSSR count). The third kappa shape index (κ3) is 10.2. The SMILES string of the molecule is [B]C([B])(Nc1ccc(S(=O)(=O)NC(=O)c2ccc(N3CCN(CC4=C(c5ccc(Cl)cc5)CC(C)(C)CC4)CC3)cc2Oc2cnc3[nH]ccc3c2)cc1[N+](=O)[O-])C1CCOCC1. The van der Waals surface area contributed by atoms with Crippen molar-refractivity contribution in [3.63, 3.8) is 0 Å². The van der Waals surface area contributed by atoms with E-state index in [1.165, 1.54) is 35.0 Å². The van der Waals surface area contributed by atoms with Gasteiger partial charge < -0.3 is 24.7 Å². The van der Waals surface area contributed by atoms with Crippen LogP contribution < -0.4 is 19.7 Å². The molecule has 2 aromatic heterocycles. The van der Waals surface area contributed by atoms with Gasteiger partial charge in [0.15, 0.2) is 0 Å². The van der Waals surface area contributed by atoms with Crippen LogP contribution in [-0.2, 0) is 14.8 Å². The summed E-state index contributed by atoms with van der Waals surface area (Å²) in [6.07, 6.45) is 7.50. The Kier molecular flexibility index (Phi) is 12.7. The van der Waals surface area contributed by atoms with Crippen molar-refractivity contribution in [2.75, 3.05) is 56.2 Å². The zero-order valence-corrected chi connectivity index (χ0v) is 36.8. The number of nitro groups is 1. The van der Waals surface area contributed by atoms with E-state index in [1.54, 1.807) is 24.4 Å². The number of nitrogens with zero attached hydrogens (tertiary/aromatic N) is 4. The summed E-state index contributed by atoms with van der Waals surface area (Å²) in [5.74, 6) is -0.821. The maximum atomic E-state index is 14.0. The Morgan fingerprint density at radius 2 is 1.79 bits per heavy atom. The largest absolute Gasteiger partial charge is 0.455 e. The number of carbonyl (C=O) groups excluding carboxylic acids is 1. The van der Waals surface area contributed by atoms with E-state index < -0.39 is 36.8 Å². The predicted octanol–water partition coefficient (Wildman–Crippen LogP) is 7.65. The first kappa shape index (κ1) is 44.3. The number of H-pyrrole nitrogens is 1. The molecule has 2 saturated heterocycles. The van der Waals surface area contributed by atoms with Crippen molar-refractivity contribution < 1.29 is 27.6 Å². The molecule has 0 saturated carbocycles. The zero-order valence-electron chi connectivity index (χ0n) is 35.2. The fourth-order valence-electron chi connectivity index (χ4n) is 8.66. The lowest BCUT2D eigenvalue weighted by Gasteiger charge is -2.39. The van der Waals surface area contributed by atoms with Crippen molar-refractivity contribution in [2.45, 2.75) is 56.2 Å². The van der Waals surface area contributed by atoms with Crippen LogP contribution in [0.4, 0.5) is 17.1 Å². The van der Waals surface area contributed by atoms with Gasteiger partial charge >= 0.3 is 0 Å². The third-order valence-electron chi connectivity index (χ3n) is 12.3. The molecule has 1 amide bonds. The van der Waals surface area contributed by atoms with Gasteiger partial charge in [-0.1, -0.05) is 43.2 Å². The van der Waals surface area contributed by atoms with Crippen molar-refractivity contribution in [3.8, 4) is 11.5 Å². The van der Waals surface area contributed by atoms with Gasteiger partial charge in [0.1, 0.15) is 22.8 Å². The number of anilines is 2. The second-order valence-corrected chi connectivity index (χ2v) is 19.5. The molecule has 0 bridgehead atoms. The van der Waals surface area contributed by atoms with E-state index in [0.29, 0.717) is 50.5 Å². The summed E-state index contributed by atoms with van der Waals surface area (Å²) in [6, 6.07) is 20.0. The minimum atomic E-state index is -4.64. The smallest absolute Gasteiger partial charge is 0.293 e. The summed E-state index contributed by atoms with van der Waals surface area (Å²) >= 11 is 6.24. The number of benzene rings is 3. The molecular formula is C45H48B2ClN7O7S. The molecule has 3 aliphatic rings. The summed E-state index contributed by atoms with van der Waals surface area (Å²) in [4.78, 5) is 37.0. The molecule has 4 radical (unpaired) electrons. The van der Waals surface area contributed by atoms with Crippen LogP contribution in [0, 0.1) is 21.4 Å². The number of sulfonamides is 1. The Hall–Kier alpha value is -5.35. The lowest BCUT2D eigenvalue weighted by atomic mass is 9.53. The van der Waals surface area contributed by atoms with Gasteiger partial charge in [-0.25, -0.2) is 18.1 Å².